The second kappa shape index (κ2) is 37.0. The first-order valence-electron chi connectivity index (χ1n) is 20.7. The van der Waals surface area contributed by atoms with E-state index in [2.05, 4.69) is 43.5 Å². The van der Waals surface area contributed by atoms with Gasteiger partial charge in [-0.1, -0.05) is 166 Å². The summed E-state index contributed by atoms with van der Waals surface area (Å²) in [7, 11) is -4.40. The maximum absolute atomic E-state index is 12.8. The standard InChI is InChI=1S/C41H79N2O7P/c1-3-5-7-9-11-13-15-17-18-19-20-21-22-24-26-28-30-32-38(44)36-41(46)43-39(37-50-51(47,48)49-35-34-42)40(45)33-31-29-27-25-23-16-14-12-10-8-6-4-2/h11,13,15,17,31,33,38-40,44-45H,3-10,12,14,16,18-30,32,34-37,42H2,1-2H3,(H,43,46)(H,47,48)/b13-11-,17-15-,33-31+. The van der Waals surface area contributed by atoms with Crippen molar-refractivity contribution in [1.82, 2.24) is 5.32 Å². The number of nitrogens with two attached hydrogens (primary N) is 1. The average Bonchev–Trinajstić information content (AvgIpc) is 3.10. The number of unbranched alkanes of at least 4 members (excludes halogenated alkanes) is 21. The number of carbonyl (C=O) groups is 1. The fourth-order valence-electron chi connectivity index (χ4n) is 5.87. The van der Waals surface area contributed by atoms with E-state index in [0.29, 0.717) is 6.42 Å². The van der Waals surface area contributed by atoms with E-state index in [-0.39, 0.29) is 19.6 Å². The molecule has 0 aliphatic heterocycles. The quantitative estimate of drug-likeness (QED) is 0.0181. The van der Waals surface area contributed by atoms with E-state index in [1.165, 1.54) is 109 Å². The Bertz CT molecular complexity index is 914. The molecule has 0 aliphatic rings. The van der Waals surface area contributed by atoms with Crippen molar-refractivity contribution in [3.8, 4) is 0 Å². The lowest BCUT2D eigenvalue weighted by Crippen LogP contribution is -2.46. The van der Waals surface area contributed by atoms with Gasteiger partial charge in [0.05, 0.1) is 37.9 Å². The van der Waals surface area contributed by atoms with Crippen LogP contribution in [-0.4, -0.2) is 59.0 Å². The topological polar surface area (TPSA) is 151 Å². The molecule has 51 heavy (non-hydrogen) atoms. The van der Waals surface area contributed by atoms with Crippen molar-refractivity contribution in [2.45, 2.75) is 199 Å². The molecule has 0 aromatic rings. The van der Waals surface area contributed by atoms with Gasteiger partial charge in [0, 0.05) is 6.54 Å². The Labute approximate surface area is 312 Å². The van der Waals surface area contributed by atoms with Gasteiger partial charge in [-0.2, -0.15) is 0 Å². The van der Waals surface area contributed by atoms with Gasteiger partial charge >= 0.3 is 7.82 Å². The van der Waals surface area contributed by atoms with Gasteiger partial charge in [-0.25, -0.2) is 4.57 Å². The van der Waals surface area contributed by atoms with Gasteiger partial charge in [0.2, 0.25) is 5.91 Å². The first kappa shape index (κ1) is 49.7. The Hall–Kier alpha value is -1.32. The Morgan fingerprint density at radius 3 is 1.67 bits per heavy atom. The molecule has 0 spiro atoms. The van der Waals surface area contributed by atoms with E-state index < -0.39 is 38.6 Å². The highest BCUT2D eigenvalue weighted by Crippen LogP contribution is 2.43. The number of allylic oxidation sites excluding steroid dienone is 5. The predicted molar refractivity (Wildman–Crippen MR) is 214 cm³/mol. The first-order chi connectivity index (χ1) is 24.8. The van der Waals surface area contributed by atoms with Crippen molar-refractivity contribution in [3.63, 3.8) is 0 Å². The number of nitrogens with one attached hydrogen (secondary N) is 1. The maximum atomic E-state index is 12.8. The number of hydrogen-bond donors (Lipinski definition) is 5. The molecule has 0 aliphatic carbocycles. The van der Waals surface area contributed by atoms with Gasteiger partial charge < -0.3 is 26.2 Å². The van der Waals surface area contributed by atoms with Crippen LogP contribution in [0.3, 0.4) is 0 Å². The molecule has 300 valence electrons. The van der Waals surface area contributed by atoms with Crippen molar-refractivity contribution < 1.29 is 33.5 Å². The summed E-state index contributed by atoms with van der Waals surface area (Å²) in [5, 5.41) is 24.0. The molecule has 0 saturated carbocycles. The molecule has 0 aromatic carbocycles. The fraction of sp³-hybridized carbons (Fsp3) is 0.829. The van der Waals surface area contributed by atoms with E-state index in [1.54, 1.807) is 6.08 Å². The number of hydrogen-bond acceptors (Lipinski definition) is 7. The normalized spacial score (nSPS) is 15.2. The Morgan fingerprint density at radius 2 is 1.14 bits per heavy atom. The fourth-order valence-corrected chi connectivity index (χ4v) is 6.63. The number of phosphoric acid groups is 1. The Balaban J connectivity index is 4.34. The van der Waals surface area contributed by atoms with Crippen LogP contribution >= 0.6 is 7.82 Å². The number of carbonyl (C=O) groups excluding carboxylic acids is 1. The average molecular weight is 743 g/mol. The molecule has 0 aromatic heterocycles. The highest BCUT2D eigenvalue weighted by molar-refractivity contribution is 7.47. The number of amides is 1. The van der Waals surface area contributed by atoms with E-state index in [9.17, 15) is 24.5 Å². The summed E-state index contributed by atoms with van der Waals surface area (Å²) >= 11 is 0. The van der Waals surface area contributed by atoms with Crippen LogP contribution in [-0.2, 0) is 18.4 Å². The van der Waals surface area contributed by atoms with Gasteiger partial charge in [-0.05, 0) is 44.9 Å². The van der Waals surface area contributed by atoms with Crippen LogP contribution in [0, 0.1) is 0 Å². The minimum Gasteiger partial charge on any atom is -0.393 e. The minimum absolute atomic E-state index is 0.0477. The van der Waals surface area contributed by atoms with Gasteiger partial charge in [-0.3, -0.25) is 13.8 Å². The number of rotatable bonds is 38. The van der Waals surface area contributed by atoms with Crippen LogP contribution in [0.15, 0.2) is 36.5 Å². The third-order valence-electron chi connectivity index (χ3n) is 9.04. The third-order valence-corrected chi connectivity index (χ3v) is 10.0. The number of aliphatic hydroxyl groups is 2. The van der Waals surface area contributed by atoms with E-state index in [1.807, 2.05) is 6.08 Å². The molecule has 1 amide bonds. The first-order valence-corrected chi connectivity index (χ1v) is 22.2. The summed E-state index contributed by atoms with van der Waals surface area (Å²) in [4.78, 5) is 22.7. The van der Waals surface area contributed by atoms with Crippen LogP contribution in [0.5, 0.6) is 0 Å². The zero-order valence-corrected chi connectivity index (χ0v) is 33.6. The van der Waals surface area contributed by atoms with Gasteiger partial charge in [0.1, 0.15) is 0 Å². The SMILES string of the molecule is CCCCC/C=C\C=C/CCCCCCCCCCC(O)CC(=O)NC(COP(=O)(O)OCCN)C(O)/C=C/CCCCCCCCCCCC. The largest absolute Gasteiger partial charge is 0.472 e. The van der Waals surface area contributed by atoms with Crippen molar-refractivity contribution in [3.05, 3.63) is 36.5 Å². The van der Waals surface area contributed by atoms with Crippen molar-refractivity contribution in [1.29, 1.82) is 0 Å². The van der Waals surface area contributed by atoms with E-state index in [0.717, 1.165) is 44.9 Å². The van der Waals surface area contributed by atoms with Gasteiger partial charge in [-0.15, -0.1) is 0 Å². The molecule has 4 atom stereocenters. The summed E-state index contributed by atoms with van der Waals surface area (Å²) < 4.78 is 22.0. The lowest BCUT2D eigenvalue weighted by molar-refractivity contribution is -0.124. The molecule has 0 bridgehead atoms. The highest BCUT2D eigenvalue weighted by atomic mass is 31.2. The summed E-state index contributed by atoms with van der Waals surface area (Å²) in [5.41, 5.74) is 5.35. The molecule has 0 heterocycles. The van der Waals surface area contributed by atoms with Crippen LogP contribution < -0.4 is 11.1 Å². The zero-order chi connectivity index (χ0) is 37.7. The molecule has 0 radical (unpaired) electrons. The van der Waals surface area contributed by atoms with Crippen molar-refractivity contribution in [2.75, 3.05) is 19.8 Å². The molecule has 4 unspecified atom stereocenters. The van der Waals surface area contributed by atoms with Crippen LogP contribution in [0.2, 0.25) is 0 Å². The van der Waals surface area contributed by atoms with Crippen LogP contribution in [0.1, 0.15) is 181 Å². The predicted octanol–water partition coefficient (Wildman–Crippen LogP) is 10.1. The molecular weight excluding hydrogens is 663 g/mol. The summed E-state index contributed by atoms with van der Waals surface area (Å²) in [6, 6.07) is -0.983. The van der Waals surface area contributed by atoms with Crippen LogP contribution in [0.25, 0.3) is 0 Å². The van der Waals surface area contributed by atoms with Gasteiger partial charge in [0.25, 0.3) is 0 Å². The lowest BCUT2D eigenvalue weighted by Gasteiger charge is -2.24. The summed E-state index contributed by atoms with van der Waals surface area (Å²) in [6.07, 6.45) is 39.3. The molecule has 0 rings (SSSR count). The molecule has 9 nitrogen and oxygen atoms in total. The monoisotopic (exact) mass is 743 g/mol. The lowest BCUT2D eigenvalue weighted by atomic mass is 10.0. The Kier molecular flexibility index (Phi) is 36.1. The van der Waals surface area contributed by atoms with Crippen molar-refractivity contribution >= 4 is 13.7 Å². The number of phosphoric ester groups is 1. The number of aliphatic hydroxyl groups excluding tert-OH is 2. The molecule has 0 saturated heterocycles. The maximum Gasteiger partial charge on any atom is 0.472 e. The zero-order valence-electron chi connectivity index (χ0n) is 32.7. The Morgan fingerprint density at radius 1 is 0.686 bits per heavy atom. The smallest absolute Gasteiger partial charge is 0.393 e. The minimum atomic E-state index is -4.40. The molecular formula is C41H79N2O7P. The molecule has 6 N–H and O–H groups in total. The summed E-state index contributed by atoms with van der Waals surface area (Å²) in [5.74, 6) is -0.452. The van der Waals surface area contributed by atoms with Crippen molar-refractivity contribution in [2.24, 2.45) is 5.73 Å². The molecule has 10 heteroatoms. The summed E-state index contributed by atoms with van der Waals surface area (Å²) in [6.45, 7) is 3.92. The highest BCUT2D eigenvalue weighted by Gasteiger charge is 2.27. The van der Waals surface area contributed by atoms with Crippen LogP contribution in [0.4, 0.5) is 0 Å². The second-order valence-corrected chi connectivity index (χ2v) is 15.5. The van der Waals surface area contributed by atoms with E-state index in [4.69, 9.17) is 14.8 Å². The molecule has 0 fully saturated rings. The third kappa shape index (κ3) is 35.5. The second-order valence-electron chi connectivity index (χ2n) is 14.1. The van der Waals surface area contributed by atoms with E-state index >= 15 is 0 Å². The van der Waals surface area contributed by atoms with Gasteiger partial charge in [0.15, 0.2) is 0 Å².